The van der Waals surface area contributed by atoms with Gasteiger partial charge in [-0.25, -0.2) is 4.68 Å². The second-order valence-corrected chi connectivity index (χ2v) is 7.15. The summed E-state index contributed by atoms with van der Waals surface area (Å²) in [4.78, 5) is 14.6. The predicted molar refractivity (Wildman–Crippen MR) is 104 cm³/mol. The lowest BCUT2D eigenvalue weighted by atomic mass is 10.1. The number of amides is 1. The van der Waals surface area contributed by atoms with Crippen molar-refractivity contribution in [2.24, 2.45) is 0 Å². The van der Waals surface area contributed by atoms with E-state index in [1.807, 2.05) is 70.5 Å². The first-order valence-corrected chi connectivity index (χ1v) is 9.21. The van der Waals surface area contributed by atoms with Crippen LogP contribution in [-0.4, -0.2) is 33.2 Å². The summed E-state index contributed by atoms with van der Waals surface area (Å²) in [5.74, 6) is 0.115. The van der Waals surface area contributed by atoms with E-state index in [9.17, 15) is 4.79 Å². The third-order valence-electron chi connectivity index (χ3n) is 4.95. The van der Waals surface area contributed by atoms with Gasteiger partial charge in [-0.05, 0) is 61.7 Å². The summed E-state index contributed by atoms with van der Waals surface area (Å²) in [6.07, 6.45) is 5.98. The molecule has 3 aromatic rings. The van der Waals surface area contributed by atoms with E-state index >= 15 is 0 Å². The number of aromatic nitrogens is 2. The Bertz CT molecular complexity index is 915. The first-order valence-electron chi connectivity index (χ1n) is 8.84. The Balaban J connectivity index is 1.54. The molecule has 0 spiro atoms. The standard InChI is InChI=1S/C21H20ClN3O/c1-15-3-2-12-24(15)21(26)17-6-10-20(11-7-17)25-14-18(13-23-25)16-4-8-19(22)9-5-16/h4-11,13-15H,2-3,12H2,1H3/t15-/m1/s1. The highest BCUT2D eigenvalue weighted by Crippen LogP contribution is 2.23. The van der Waals surface area contributed by atoms with E-state index in [4.69, 9.17) is 11.6 Å². The molecule has 0 unspecified atom stereocenters. The molecule has 1 aliphatic rings. The lowest BCUT2D eigenvalue weighted by Crippen LogP contribution is -2.33. The van der Waals surface area contributed by atoms with E-state index in [-0.39, 0.29) is 5.91 Å². The molecule has 1 amide bonds. The largest absolute Gasteiger partial charge is 0.336 e. The molecule has 0 radical (unpaired) electrons. The first-order chi connectivity index (χ1) is 12.6. The summed E-state index contributed by atoms with van der Waals surface area (Å²) in [6.45, 7) is 2.96. The highest BCUT2D eigenvalue weighted by Gasteiger charge is 2.25. The molecule has 0 aliphatic carbocycles. The Kier molecular flexibility index (Phi) is 4.51. The van der Waals surface area contributed by atoms with Crippen molar-refractivity contribution in [3.8, 4) is 16.8 Å². The Labute approximate surface area is 158 Å². The number of benzene rings is 2. The van der Waals surface area contributed by atoms with Gasteiger partial charge in [-0.15, -0.1) is 0 Å². The van der Waals surface area contributed by atoms with Crippen molar-refractivity contribution < 1.29 is 4.79 Å². The molecular weight excluding hydrogens is 346 g/mol. The fourth-order valence-corrected chi connectivity index (χ4v) is 3.54. The van der Waals surface area contributed by atoms with Gasteiger partial charge in [0, 0.05) is 34.9 Å². The zero-order valence-electron chi connectivity index (χ0n) is 14.6. The molecule has 1 fully saturated rings. The second-order valence-electron chi connectivity index (χ2n) is 6.72. The number of halogens is 1. The Morgan fingerprint density at radius 1 is 1.08 bits per heavy atom. The van der Waals surface area contributed by atoms with E-state index in [1.54, 1.807) is 0 Å². The maximum atomic E-state index is 12.6. The van der Waals surface area contributed by atoms with Crippen molar-refractivity contribution >= 4 is 17.5 Å². The van der Waals surface area contributed by atoms with Crippen molar-refractivity contribution in [1.29, 1.82) is 0 Å². The van der Waals surface area contributed by atoms with Crippen LogP contribution >= 0.6 is 11.6 Å². The minimum Gasteiger partial charge on any atom is -0.336 e. The lowest BCUT2D eigenvalue weighted by molar-refractivity contribution is 0.0747. The Hall–Kier alpha value is -2.59. The van der Waals surface area contributed by atoms with Crippen molar-refractivity contribution in [2.75, 3.05) is 6.54 Å². The highest BCUT2D eigenvalue weighted by molar-refractivity contribution is 6.30. The number of hydrogen-bond donors (Lipinski definition) is 0. The molecule has 2 heterocycles. The van der Waals surface area contributed by atoms with Crippen molar-refractivity contribution in [1.82, 2.24) is 14.7 Å². The zero-order chi connectivity index (χ0) is 18.1. The minimum absolute atomic E-state index is 0.115. The molecule has 5 heteroatoms. The molecule has 0 N–H and O–H groups in total. The quantitative estimate of drug-likeness (QED) is 0.667. The summed E-state index contributed by atoms with van der Waals surface area (Å²) >= 11 is 5.94. The minimum atomic E-state index is 0.115. The third-order valence-corrected chi connectivity index (χ3v) is 5.20. The molecule has 1 atom stereocenters. The van der Waals surface area contributed by atoms with Crippen molar-refractivity contribution in [3.05, 3.63) is 71.5 Å². The molecule has 0 bridgehead atoms. The summed E-state index contributed by atoms with van der Waals surface area (Å²) in [5, 5.41) is 5.15. The van der Waals surface area contributed by atoms with Gasteiger partial charge in [-0.1, -0.05) is 23.7 Å². The van der Waals surface area contributed by atoms with Gasteiger partial charge in [0.2, 0.25) is 0 Å². The van der Waals surface area contributed by atoms with Crippen LogP contribution in [0.25, 0.3) is 16.8 Å². The maximum Gasteiger partial charge on any atom is 0.254 e. The van der Waals surface area contributed by atoms with E-state index in [1.165, 1.54) is 0 Å². The second kappa shape index (κ2) is 6.96. The first kappa shape index (κ1) is 16.9. The van der Waals surface area contributed by atoms with Crippen LogP contribution < -0.4 is 0 Å². The van der Waals surface area contributed by atoms with Crippen LogP contribution in [0.4, 0.5) is 0 Å². The van der Waals surface area contributed by atoms with Crippen LogP contribution in [-0.2, 0) is 0 Å². The van der Waals surface area contributed by atoms with Gasteiger partial charge in [0.25, 0.3) is 5.91 Å². The van der Waals surface area contributed by atoms with E-state index in [0.717, 1.165) is 41.8 Å². The smallest absolute Gasteiger partial charge is 0.254 e. The van der Waals surface area contributed by atoms with Gasteiger partial charge >= 0.3 is 0 Å². The van der Waals surface area contributed by atoms with Gasteiger partial charge in [0.1, 0.15) is 0 Å². The zero-order valence-corrected chi connectivity index (χ0v) is 15.4. The molecule has 4 rings (SSSR count). The van der Waals surface area contributed by atoms with Gasteiger partial charge in [0.05, 0.1) is 11.9 Å². The Morgan fingerprint density at radius 2 is 1.81 bits per heavy atom. The van der Waals surface area contributed by atoms with Crippen molar-refractivity contribution in [2.45, 2.75) is 25.8 Å². The molecule has 26 heavy (non-hydrogen) atoms. The van der Waals surface area contributed by atoms with Gasteiger partial charge in [-0.2, -0.15) is 5.10 Å². The number of rotatable bonds is 3. The normalized spacial score (nSPS) is 16.8. The van der Waals surface area contributed by atoms with Gasteiger partial charge < -0.3 is 4.90 Å². The number of hydrogen-bond acceptors (Lipinski definition) is 2. The summed E-state index contributed by atoms with van der Waals surface area (Å²) in [6, 6.07) is 15.7. The van der Waals surface area contributed by atoms with Crippen molar-refractivity contribution in [3.63, 3.8) is 0 Å². The molecule has 0 saturated carbocycles. The van der Waals surface area contributed by atoms with Gasteiger partial charge in [-0.3, -0.25) is 4.79 Å². The van der Waals surface area contributed by atoms with Crippen LogP contribution in [0.2, 0.25) is 5.02 Å². The Morgan fingerprint density at radius 3 is 2.46 bits per heavy atom. The highest BCUT2D eigenvalue weighted by atomic mass is 35.5. The van der Waals surface area contributed by atoms with E-state index in [0.29, 0.717) is 11.1 Å². The predicted octanol–water partition coefficient (Wildman–Crippen LogP) is 4.82. The number of nitrogens with zero attached hydrogens (tertiary/aromatic N) is 3. The fraction of sp³-hybridized carbons (Fsp3) is 0.238. The molecule has 4 nitrogen and oxygen atoms in total. The number of carbonyl (C=O) groups is 1. The summed E-state index contributed by atoms with van der Waals surface area (Å²) in [7, 11) is 0. The number of carbonyl (C=O) groups excluding carboxylic acids is 1. The molecule has 1 aromatic heterocycles. The van der Waals surface area contributed by atoms with Crippen LogP contribution in [0.3, 0.4) is 0 Å². The lowest BCUT2D eigenvalue weighted by Gasteiger charge is -2.21. The number of likely N-dealkylation sites (tertiary alicyclic amines) is 1. The monoisotopic (exact) mass is 365 g/mol. The summed E-state index contributed by atoms with van der Waals surface area (Å²) in [5.41, 5.74) is 3.74. The SMILES string of the molecule is C[C@@H]1CCCN1C(=O)c1ccc(-n2cc(-c3ccc(Cl)cc3)cn2)cc1. The van der Waals surface area contributed by atoms with Crippen LogP contribution in [0, 0.1) is 0 Å². The van der Waals surface area contributed by atoms with E-state index < -0.39 is 0 Å². The van der Waals surface area contributed by atoms with Crippen LogP contribution in [0.15, 0.2) is 60.9 Å². The molecule has 132 valence electrons. The molecular formula is C21H20ClN3O. The average Bonchev–Trinajstić information content (AvgIpc) is 3.31. The van der Waals surface area contributed by atoms with E-state index in [2.05, 4.69) is 12.0 Å². The maximum absolute atomic E-state index is 12.6. The molecule has 2 aromatic carbocycles. The van der Waals surface area contributed by atoms with Crippen LogP contribution in [0.5, 0.6) is 0 Å². The molecule has 1 aliphatic heterocycles. The van der Waals surface area contributed by atoms with Gasteiger partial charge in [0.15, 0.2) is 0 Å². The topological polar surface area (TPSA) is 38.1 Å². The third kappa shape index (κ3) is 3.25. The fourth-order valence-electron chi connectivity index (χ4n) is 3.41. The van der Waals surface area contributed by atoms with Crippen LogP contribution in [0.1, 0.15) is 30.1 Å². The summed E-state index contributed by atoms with van der Waals surface area (Å²) < 4.78 is 1.82. The molecule has 1 saturated heterocycles. The average molecular weight is 366 g/mol.